The Labute approximate surface area is 164 Å². The van der Waals surface area contributed by atoms with Gasteiger partial charge in [-0.25, -0.2) is 0 Å². The predicted octanol–water partition coefficient (Wildman–Crippen LogP) is 7.89. The fraction of sp³-hybridized carbons (Fsp3) is 0.0714. The molecule has 0 nitrogen and oxygen atoms in total. The van der Waals surface area contributed by atoms with Gasteiger partial charge in [0, 0.05) is 5.92 Å². The lowest BCUT2D eigenvalue weighted by atomic mass is 9.83. The van der Waals surface area contributed by atoms with Crippen molar-refractivity contribution in [2.75, 3.05) is 0 Å². The van der Waals surface area contributed by atoms with Crippen LogP contribution in [0.25, 0.3) is 43.1 Å². The van der Waals surface area contributed by atoms with E-state index in [1.54, 1.807) is 0 Å². The van der Waals surface area contributed by atoms with Gasteiger partial charge < -0.3 is 0 Å². The third-order valence-corrected chi connectivity index (χ3v) is 6.31. The first-order valence-corrected chi connectivity index (χ1v) is 9.96. The smallest absolute Gasteiger partial charge is 0.00673 e. The Bertz CT molecular complexity index is 1450. The lowest BCUT2D eigenvalue weighted by Gasteiger charge is -2.20. The molecule has 0 heteroatoms. The SMILES string of the molecule is C[C@H](c1ccccc1)c1ccc2cccc3c4cccc5cccc(c1c23)c54. The van der Waals surface area contributed by atoms with Crippen LogP contribution in [0.2, 0.25) is 0 Å². The average molecular weight is 356 g/mol. The Hall–Kier alpha value is -3.38. The largest absolute Gasteiger partial charge is 0.0622 e. The van der Waals surface area contributed by atoms with Crippen LogP contribution in [0, 0.1) is 0 Å². The number of hydrogen-bond donors (Lipinski definition) is 0. The molecule has 1 atom stereocenters. The summed E-state index contributed by atoms with van der Waals surface area (Å²) in [5.74, 6) is 0.342. The number of fused-ring (bicyclic) bond motifs is 2. The highest BCUT2D eigenvalue weighted by molar-refractivity contribution is 6.33. The van der Waals surface area contributed by atoms with Crippen LogP contribution in [-0.4, -0.2) is 0 Å². The molecule has 0 saturated carbocycles. The van der Waals surface area contributed by atoms with Gasteiger partial charge in [-0.1, -0.05) is 104 Å². The number of rotatable bonds is 2. The van der Waals surface area contributed by atoms with Crippen molar-refractivity contribution in [3.05, 3.63) is 108 Å². The summed E-state index contributed by atoms with van der Waals surface area (Å²) in [5.41, 5.74) is 2.77. The van der Waals surface area contributed by atoms with Gasteiger partial charge in [0.2, 0.25) is 0 Å². The van der Waals surface area contributed by atoms with Crippen molar-refractivity contribution >= 4 is 43.1 Å². The Morgan fingerprint density at radius 3 is 1.79 bits per heavy atom. The van der Waals surface area contributed by atoms with Crippen molar-refractivity contribution in [1.29, 1.82) is 0 Å². The normalized spacial score (nSPS) is 13.0. The molecule has 0 N–H and O–H groups in total. The molecule has 28 heavy (non-hydrogen) atoms. The molecule has 132 valence electrons. The van der Waals surface area contributed by atoms with E-state index in [0.717, 1.165) is 0 Å². The molecular formula is C28H20. The first-order chi connectivity index (χ1) is 13.8. The lowest BCUT2D eigenvalue weighted by molar-refractivity contribution is 0.934. The molecular weight excluding hydrogens is 336 g/mol. The third-order valence-electron chi connectivity index (χ3n) is 6.31. The van der Waals surface area contributed by atoms with E-state index in [-0.39, 0.29) is 0 Å². The van der Waals surface area contributed by atoms with Crippen LogP contribution in [0.4, 0.5) is 0 Å². The van der Waals surface area contributed by atoms with E-state index in [9.17, 15) is 0 Å². The minimum atomic E-state index is 0.342. The molecule has 0 aliphatic heterocycles. The minimum absolute atomic E-state index is 0.342. The summed E-state index contributed by atoms with van der Waals surface area (Å²) in [4.78, 5) is 0. The van der Waals surface area contributed by atoms with Gasteiger partial charge in [-0.05, 0) is 54.2 Å². The van der Waals surface area contributed by atoms with Gasteiger partial charge in [0.25, 0.3) is 0 Å². The van der Waals surface area contributed by atoms with Gasteiger partial charge in [0.05, 0.1) is 0 Å². The summed E-state index contributed by atoms with van der Waals surface area (Å²) in [6.45, 7) is 2.33. The van der Waals surface area contributed by atoms with Crippen LogP contribution >= 0.6 is 0 Å². The van der Waals surface area contributed by atoms with Crippen LogP contribution in [0.1, 0.15) is 24.0 Å². The zero-order chi connectivity index (χ0) is 18.7. The fourth-order valence-electron chi connectivity index (χ4n) is 4.97. The monoisotopic (exact) mass is 356 g/mol. The molecule has 0 aromatic heterocycles. The van der Waals surface area contributed by atoms with Crippen LogP contribution in [0.3, 0.4) is 0 Å². The summed E-state index contributed by atoms with van der Waals surface area (Å²) in [6.07, 6.45) is 0. The summed E-state index contributed by atoms with van der Waals surface area (Å²) < 4.78 is 0. The van der Waals surface area contributed by atoms with Crippen molar-refractivity contribution in [2.45, 2.75) is 12.8 Å². The molecule has 0 spiro atoms. The zero-order valence-electron chi connectivity index (χ0n) is 15.8. The van der Waals surface area contributed by atoms with Crippen molar-refractivity contribution in [2.24, 2.45) is 0 Å². The maximum Gasteiger partial charge on any atom is 0.00673 e. The zero-order valence-corrected chi connectivity index (χ0v) is 15.8. The summed E-state index contributed by atoms with van der Waals surface area (Å²) >= 11 is 0. The molecule has 6 aromatic rings. The first-order valence-electron chi connectivity index (χ1n) is 9.96. The number of benzene rings is 6. The molecule has 0 radical (unpaired) electrons. The summed E-state index contributed by atoms with van der Waals surface area (Å²) in [5, 5.41) is 10.9. The maximum absolute atomic E-state index is 2.34. The third kappa shape index (κ3) is 2.06. The molecule has 6 aromatic carbocycles. The van der Waals surface area contributed by atoms with Crippen molar-refractivity contribution < 1.29 is 0 Å². The molecule has 0 aliphatic rings. The Kier molecular flexibility index (Phi) is 3.25. The van der Waals surface area contributed by atoms with Crippen molar-refractivity contribution in [1.82, 2.24) is 0 Å². The Morgan fingerprint density at radius 1 is 0.464 bits per heavy atom. The van der Waals surface area contributed by atoms with E-state index in [4.69, 9.17) is 0 Å². The quantitative estimate of drug-likeness (QED) is 0.218. The van der Waals surface area contributed by atoms with E-state index < -0.39 is 0 Å². The minimum Gasteiger partial charge on any atom is -0.0622 e. The predicted molar refractivity (Wildman–Crippen MR) is 122 cm³/mol. The molecule has 0 bridgehead atoms. The van der Waals surface area contributed by atoms with Crippen LogP contribution in [0.5, 0.6) is 0 Å². The highest BCUT2D eigenvalue weighted by atomic mass is 14.2. The van der Waals surface area contributed by atoms with Crippen LogP contribution in [-0.2, 0) is 0 Å². The highest BCUT2D eigenvalue weighted by Gasteiger charge is 2.18. The van der Waals surface area contributed by atoms with Gasteiger partial charge in [-0.15, -0.1) is 0 Å². The fourth-order valence-corrected chi connectivity index (χ4v) is 4.97. The second kappa shape index (κ2) is 5.81. The second-order valence-corrected chi connectivity index (χ2v) is 7.78. The van der Waals surface area contributed by atoms with E-state index in [0.29, 0.717) is 5.92 Å². The highest BCUT2D eigenvalue weighted by Crippen LogP contribution is 2.43. The molecule has 0 saturated heterocycles. The van der Waals surface area contributed by atoms with Gasteiger partial charge in [0.15, 0.2) is 0 Å². The van der Waals surface area contributed by atoms with E-state index in [2.05, 4.69) is 104 Å². The Balaban J connectivity index is 1.86. The molecule has 0 aliphatic carbocycles. The van der Waals surface area contributed by atoms with E-state index >= 15 is 0 Å². The van der Waals surface area contributed by atoms with Gasteiger partial charge in [0.1, 0.15) is 0 Å². The topological polar surface area (TPSA) is 0 Å². The van der Waals surface area contributed by atoms with Gasteiger partial charge in [-0.3, -0.25) is 0 Å². The second-order valence-electron chi connectivity index (χ2n) is 7.78. The summed E-state index contributed by atoms with van der Waals surface area (Å²) in [7, 11) is 0. The van der Waals surface area contributed by atoms with Crippen LogP contribution in [0.15, 0.2) is 97.1 Å². The van der Waals surface area contributed by atoms with E-state index in [1.165, 1.54) is 54.2 Å². The summed E-state index contributed by atoms with van der Waals surface area (Å²) in [6, 6.07) is 35.6. The molecule has 0 unspecified atom stereocenters. The first kappa shape index (κ1) is 15.7. The average Bonchev–Trinajstić information content (AvgIpc) is 2.77. The lowest BCUT2D eigenvalue weighted by Crippen LogP contribution is -1.99. The standard InChI is InChI=1S/C28H20/c1-18(19-8-3-2-4-9-19)22-17-16-21-12-6-14-24-23-13-5-10-20-11-7-15-25(26(20)23)28(22)27(21)24/h2-18H,1H3/t18-/m1/s1. The van der Waals surface area contributed by atoms with Crippen molar-refractivity contribution in [3.8, 4) is 0 Å². The number of hydrogen-bond acceptors (Lipinski definition) is 0. The van der Waals surface area contributed by atoms with Crippen molar-refractivity contribution in [3.63, 3.8) is 0 Å². The molecule has 0 heterocycles. The molecule has 0 fully saturated rings. The maximum atomic E-state index is 2.34. The Morgan fingerprint density at radius 2 is 1.07 bits per heavy atom. The van der Waals surface area contributed by atoms with Gasteiger partial charge in [-0.2, -0.15) is 0 Å². The molecule has 0 amide bonds. The van der Waals surface area contributed by atoms with E-state index in [1.807, 2.05) is 0 Å². The van der Waals surface area contributed by atoms with Crippen LogP contribution < -0.4 is 0 Å². The van der Waals surface area contributed by atoms with Gasteiger partial charge >= 0.3 is 0 Å². The molecule has 6 rings (SSSR count).